The summed E-state index contributed by atoms with van der Waals surface area (Å²) in [4.78, 5) is 11.2. The molecule has 0 saturated carbocycles. The van der Waals surface area contributed by atoms with Crippen LogP contribution in [-0.4, -0.2) is 62.1 Å². The van der Waals surface area contributed by atoms with Gasteiger partial charge in [-0.1, -0.05) is 102 Å². The number of aromatic nitrogens is 11. The number of H-pyrrole nitrogens is 2. The van der Waals surface area contributed by atoms with E-state index in [1.807, 2.05) is 151 Å². The van der Waals surface area contributed by atoms with Crippen molar-refractivity contribution in [2.75, 3.05) is 6.54 Å². The zero-order valence-corrected chi connectivity index (χ0v) is 38.8. The van der Waals surface area contributed by atoms with E-state index in [-0.39, 0.29) is 0 Å². The summed E-state index contributed by atoms with van der Waals surface area (Å²) in [6, 6.07) is 1.92. The highest BCUT2D eigenvalue weighted by Crippen LogP contribution is 2.01. The van der Waals surface area contributed by atoms with Gasteiger partial charge in [0.2, 0.25) is 0 Å². The van der Waals surface area contributed by atoms with Crippen LogP contribution in [0.3, 0.4) is 0 Å². The molecule has 1 aliphatic heterocycles. The monoisotopic (exact) mass is 790 g/mol. The molecule has 322 valence electrons. The van der Waals surface area contributed by atoms with Crippen LogP contribution in [0.2, 0.25) is 0 Å². The van der Waals surface area contributed by atoms with Crippen molar-refractivity contribution < 1.29 is 13.3 Å². The Balaban J connectivity index is -0.0000000950. The van der Waals surface area contributed by atoms with E-state index in [0.29, 0.717) is 0 Å². The highest BCUT2D eigenvalue weighted by Gasteiger charge is 1.87. The van der Waals surface area contributed by atoms with Crippen LogP contribution in [0.4, 0.5) is 0 Å². The van der Waals surface area contributed by atoms with Gasteiger partial charge < -0.3 is 13.3 Å². The number of nitrogens with zero attached hydrogens (tertiary/aromatic N) is 11. The van der Waals surface area contributed by atoms with Crippen molar-refractivity contribution in [3.05, 3.63) is 109 Å². The molecule has 0 spiro atoms. The molecule has 0 radical (unpaired) electrons. The number of hydrogen-bond acceptors (Lipinski definition) is 13. The first-order chi connectivity index (χ1) is 27.3. The maximum absolute atomic E-state index is 4.72. The second-order valence-corrected chi connectivity index (χ2v) is 7.99. The minimum absolute atomic E-state index is 0.718. The molecule has 6 aromatic heterocycles. The van der Waals surface area contributed by atoms with Gasteiger partial charge in [-0.3, -0.25) is 9.78 Å². The summed E-state index contributed by atoms with van der Waals surface area (Å²) in [5.74, 6) is 1.57. The van der Waals surface area contributed by atoms with Crippen LogP contribution >= 0.6 is 0 Å². The zero-order valence-electron chi connectivity index (χ0n) is 38.8. The first kappa shape index (κ1) is 65.4. The van der Waals surface area contributed by atoms with Gasteiger partial charge in [0.15, 0.2) is 18.7 Å². The van der Waals surface area contributed by atoms with Crippen molar-refractivity contribution in [1.82, 2.24) is 55.6 Å². The van der Waals surface area contributed by atoms with Gasteiger partial charge in [-0.15, -0.1) is 5.10 Å². The maximum Gasteiger partial charge on any atom is 0.190 e. The number of allylic oxidation sites excluding steroid dienone is 1. The van der Waals surface area contributed by atoms with Crippen molar-refractivity contribution in [2.24, 2.45) is 17.3 Å². The minimum atomic E-state index is 0.718. The first-order valence-electron chi connectivity index (χ1n) is 19.4. The SMILES string of the molecule is CC.CC.CC.CC.CC.CC.CC.CC1=CCN=N1.Cc1ccn[nH]1.Cc1cn[nH]n1.Cc1cnco1.Cc1cocn1.Cc1ncco1.Cn1ccnn1. The second kappa shape index (κ2) is 61.5. The van der Waals surface area contributed by atoms with Gasteiger partial charge in [0.25, 0.3) is 0 Å². The summed E-state index contributed by atoms with van der Waals surface area (Å²) in [7, 11) is 1.83. The van der Waals surface area contributed by atoms with Crippen molar-refractivity contribution in [2.45, 2.75) is 138 Å². The molecule has 2 N–H and O–H groups in total. The Kier molecular flexibility index (Phi) is 71.8. The van der Waals surface area contributed by atoms with Crippen molar-refractivity contribution in [3.63, 3.8) is 0 Å². The molecule has 0 atom stereocenters. The van der Waals surface area contributed by atoms with E-state index in [1.54, 1.807) is 61.3 Å². The van der Waals surface area contributed by atoms with E-state index >= 15 is 0 Å². The van der Waals surface area contributed by atoms with Gasteiger partial charge in [0.05, 0.1) is 48.4 Å². The third-order valence-electron chi connectivity index (χ3n) is 4.08. The van der Waals surface area contributed by atoms with E-state index in [9.17, 15) is 0 Å². The summed E-state index contributed by atoms with van der Waals surface area (Å²) in [6.07, 6.45) is 18.1. The lowest BCUT2D eigenvalue weighted by Gasteiger charge is -1.74. The topological polar surface area (TPSA) is 204 Å². The van der Waals surface area contributed by atoms with E-state index in [1.165, 1.54) is 12.8 Å². The fourth-order valence-electron chi connectivity index (χ4n) is 2.06. The first-order valence-corrected chi connectivity index (χ1v) is 19.4. The van der Waals surface area contributed by atoms with Crippen LogP contribution in [0.15, 0.2) is 104 Å². The quantitative estimate of drug-likeness (QED) is 0.148. The number of oxazole rings is 3. The Morgan fingerprint density at radius 1 is 0.679 bits per heavy atom. The molecule has 16 nitrogen and oxygen atoms in total. The number of nitrogens with one attached hydrogen (secondary N) is 2. The highest BCUT2D eigenvalue weighted by molar-refractivity contribution is 4.99. The third-order valence-corrected chi connectivity index (χ3v) is 4.08. The smallest absolute Gasteiger partial charge is 0.190 e. The fraction of sp³-hybridized carbons (Fsp3) is 0.550. The summed E-state index contributed by atoms with van der Waals surface area (Å²) in [5.41, 5.74) is 4.00. The molecule has 0 aromatic carbocycles. The summed E-state index contributed by atoms with van der Waals surface area (Å²) < 4.78 is 15.7. The normalized spacial score (nSPS) is 8.41. The number of rotatable bonds is 0. The number of aryl methyl sites for hydroxylation is 6. The van der Waals surface area contributed by atoms with Crippen molar-refractivity contribution in [1.29, 1.82) is 0 Å². The van der Waals surface area contributed by atoms with Gasteiger partial charge >= 0.3 is 0 Å². The van der Waals surface area contributed by atoms with Crippen LogP contribution in [0, 0.1) is 34.6 Å². The molecular formula is C40H79N13O3. The predicted octanol–water partition coefficient (Wildman–Crippen LogP) is 12.1. The van der Waals surface area contributed by atoms with E-state index < -0.39 is 0 Å². The average molecular weight is 790 g/mol. The molecule has 6 aromatic rings. The predicted molar refractivity (Wildman–Crippen MR) is 232 cm³/mol. The summed E-state index contributed by atoms with van der Waals surface area (Å²) in [5, 5.41) is 30.7. The van der Waals surface area contributed by atoms with Crippen molar-refractivity contribution >= 4 is 0 Å². The minimum Gasteiger partial charge on any atom is -0.452 e. The molecule has 0 unspecified atom stereocenters. The molecule has 16 heteroatoms. The molecule has 0 bridgehead atoms. The number of hydrogen-bond donors (Lipinski definition) is 2. The van der Waals surface area contributed by atoms with Crippen LogP contribution in [-0.2, 0) is 7.05 Å². The molecule has 7 rings (SSSR count). The molecule has 56 heavy (non-hydrogen) atoms. The summed E-state index contributed by atoms with van der Waals surface area (Å²) >= 11 is 0. The van der Waals surface area contributed by atoms with E-state index in [4.69, 9.17) is 8.83 Å². The van der Waals surface area contributed by atoms with E-state index in [2.05, 4.69) is 65.5 Å². The Bertz CT molecular complexity index is 1150. The average Bonchev–Trinajstić information content (AvgIpc) is 4.11. The Hall–Kier alpha value is -5.54. The number of aromatic amines is 2. The molecular weight excluding hydrogens is 711 g/mol. The van der Waals surface area contributed by atoms with Gasteiger partial charge in [-0.05, 0) is 46.8 Å². The number of azo groups is 1. The van der Waals surface area contributed by atoms with Gasteiger partial charge in [-0.25, -0.2) is 15.0 Å². The van der Waals surface area contributed by atoms with Crippen LogP contribution < -0.4 is 0 Å². The van der Waals surface area contributed by atoms with E-state index in [0.717, 1.165) is 41.0 Å². The van der Waals surface area contributed by atoms with Crippen LogP contribution in [0.25, 0.3) is 0 Å². The molecule has 0 amide bonds. The lowest BCUT2D eigenvalue weighted by Crippen LogP contribution is -1.85. The Morgan fingerprint density at radius 2 is 1.30 bits per heavy atom. The molecule has 7 heterocycles. The van der Waals surface area contributed by atoms with Gasteiger partial charge in [0, 0.05) is 32.1 Å². The van der Waals surface area contributed by atoms with Crippen LogP contribution in [0.1, 0.15) is 133 Å². The molecule has 0 fully saturated rings. The summed E-state index contributed by atoms with van der Waals surface area (Å²) in [6.45, 7) is 40.1. The standard InChI is InChI=1S/2C4H6N2.3C4H5NO.2C3H5N3.7C2H6/c2*1-4-2-3-5-6-4;1-4-2-6-3-5-4;1-4-2-5-3-6-4;1-4-5-2-3-6-4;1-6-3-2-4-5-6;1-3-2-4-6-5-3;7*1-2/h2H,3H2,1H3;2-3H,1H3,(H,5,6);4*2-3H,1H3;2H,1H3,(H,4,5,6);7*1-2H3. The third kappa shape index (κ3) is 57.8. The van der Waals surface area contributed by atoms with Gasteiger partial charge in [0.1, 0.15) is 18.3 Å². The van der Waals surface area contributed by atoms with Crippen LogP contribution in [0.5, 0.6) is 0 Å². The largest absolute Gasteiger partial charge is 0.452 e. The fourth-order valence-corrected chi connectivity index (χ4v) is 2.06. The Labute approximate surface area is 339 Å². The lowest BCUT2D eigenvalue weighted by molar-refractivity contribution is 0.521. The zero-order chi connectivity index (χ0) is 44.8. The van der Waals surface area contributed by atoms with Gasteiger partial charge in [-0.2, -0.15) is 30.7 Å². The lowest BCUT2D eigenvalue weighted by atomic mass is 10.5. The molecule has 1 aliphatic rings. The molecule has 0 aliphatic carbocycles. The van der Waals surface area contributed by atoms with Crippen molar-refractivity contribution in [3.8, 4) is 0 Å². The Morgan fingerprint density at radius 3 is 1.43 bits per heavy atom. The highest BCUT2D eigenvalue weighted by atomic mass is 16.3. The molecule has 0 saturated heterocycles. The maximum atomic E-state index is 4.72. The second-order valence-electron chi connectivity index (χ2n) is 7.99.